The van der Waals surface area contributed by atoms with Crippen LogP contribution in [-0.4, -0.2) is 24.1 Å². The van der Waals surface area contributed by atoms with E-state index in [1.165, 1.54) is 0 Å². The molecule has 0 spiro atoms. The van der Waals surface area contributed by atoms with Gasteiger partial charge in [0.2, 0.25) is 0 Å². The minimum Gasteiger partial charge on any atom is -0.507 e. The average Bonchev–Trinajstić information content (AvgIpc) is 3.25. The van der Waals surface area contributed by atoms with Crippen LogP contribution in [0.25, 0.3) is 16.7 Å². The van der Waals surface area contributed by atoms with Crippen molar-refractivity contribution in [1.29, 1.82) is 0 Å². The van der Waals surface area contributed by atoms with E-state index in [4.69, 9.17) is 18.6 Å². The van der Waals surface area contributed by atoms with Crippen LogP contribution in [0.5, 0.6) is 11.5 Å². The van der Waals surface area contributed by atoms with Crippen molar-refractivity contribution in [3.05, 3.63) is 76.8 Å². The summed E-state index contributed by atoms with van der Waals surface area (Å²) in [5.41, 5.74) is 2.71. The predicted octanol–water partition coefficient (Wildman–Crippen LogP) is 6.35. The van der Waals surface area contributed by atoms with Gasteiger partial charge in [0.15, 0.2) is 23.9 Å². The SMILES string of the molecule is CCCCOc1ccc(COc2ccc3oc(C4=C(C)C(O)=C(C)C(C=O)O4)cc3c2)cc1. The second-order valence-corrected chi connectivity index (χ2v) is 8.11. The number of allylic oxidation sites excluding steroid dienone is 1. The Labute approximate surface area is 193 Å². The van der Waals surface area contributed by atoms with E-state index in [9.17, 15) is 9.90 Å². The average molecular weight is 449 g/mol. The molecule has 6 nitrogen and oxygen atoms in total. The summed E-state index contributed by atoms with van der Waals surface area (Å²) in [4.78, 5) is 11.3. The van der Waals surface area contributed by atoms with E-state index >= 15 is 0 Å². The lowest BCUT2D eigenvalue weighted by atomic mass is 10.0. The van der Waals surface area contributed by atoms with Gasteiger partial charge in [-0.2, -0.15) is 0 Å². The van der Waals surface area contributed by atoms with Crippen LogP contribution in [0.2, 0.25) is 0 Å². The largest absolute Gasteiger partial charge is 0.507 e. The number of ether oxygens (including phenoxy) is 3. The van der Waals surface area contributed by atoms with Gasteiger partial charge >= 0.3 is 0 Å². The monoisotopic (exact) mass is 448 g/mol. The van der Waals surface area contributed by atoms with E-state index in [-0.39, 0.29) is 5.76 Å². The number of furan rings is 1. The molecule has 0 fully saturated rings. The fourth-order valence-corrected chi connectivity index (χ4v) is 3.62. The second kappa shape index (κ2) is 9.86. The Morgan fingerprint density at radius 1 is 1.03 bits per heavy atom. The molecular formula is C27H28O6. The molecule has 2 heterocycles. The van der Waals surface area contributed by atoms with Gasteiger partial charge in [0.05, 0.1) is 6.61 Å². The molecule has 2 aromatic carbocycles. The van der Waals surface area contributed by atoms with E-state index in [0.29, 0.717) is 46.9 Å². The zero-order valence-corrected chi connectivity index (χ0v) is 19.1. The maximum absolute atomic E-state index is 11.3. The van der Waals surface area contributed by atoms with Gasteiger partial charge in [-0.1, -0.05) is 25.5 Å². The summed E-state index contributed by atoms with van der Waals surface area (Å²) in [5.74, 6) is 2.43. The molecule has 0 radical (unpaired) electrons. The summed E-state index contributed by atoms with van der Waals surface area (Å²) in [6.07, 6.45) is 1.98. The molecule has 0 amide bonds. The molecule has 33 heavy (non-hydrogen) atoms. The van der Waals surface area contributed by atoms with Gasteiger partial charge in [0.1, 0.15) is 29.4 Å². The first-order valence-electron chi connectivity index (χ1n) is 11.1. The third-order valence-corrected chi connectivity index (χ3v) is 5.67. The molecule has 4 rings (SSSR count). The van der Waals surface area contributed by atoms with Crippen molar-refractivity contribution >= 4 is 23.0 Å². The van der Waals surface area contributed by atoms with Crippen molar-refractivity contribution in [2.75, 3.05) is 6.61 Å². The topological polar surface area (TPSA) is 78.1 Å². The molecule has 0 saturated heterocycles. The Balaban J connectivity index is 1.47. The Kier molecular flexibility index (Phi) is 6.73. The van der Waals surface area contributed by atoms with Gasteiger partial charge < -0.3 is 23.7 Å². The Morgan fingerprint density at radius 3 is 2.52 bits per heavy atom. The predicted molar refractivity (Wildman–Crippen MR) is 126 cm³/mol. The third kappa shape index (κ3) is 4.90. The maximum Gasteiger partial charge on any atom is 0.178 e. The molecule has 0 bridgehead atoms. The lowest BCUT2D eigenvalue weighted by molar-refractivity contribution is -0.113. The van der Waals surface area contributed by atoms with Crippen LogP contribution in [-0.2, 0) is 16.1 Å². The molecular weight excluding hydrogens is 420 g/mol. The van der Waals surface area contributed by atoms with Crippen LogP contribution in [0.1, 0.15) is 44.9 Å². The smallest absolute Gasteiger partial charge is 0.178 e. The highest BCUT2D eigenvalue weighted by atomic mass is 16.5. The van der Waals surface area contributed by atoms with E-state index in [1.807, 2.05) is 48.5 Å². The highest BCUT2D eigenvalue weighted by Crippen LogP contribution is 2.36. The van der Waals surface area contributed by atoms with Crippen molar-refractivity contribution in [2.24, 2.45) is 0 Å². The van der Waals surface area contributed by atoms with Gasteiger partial charge in [-0.3, -0.25) is 4.79 Å². The van der Waals surface area contributed by atoms with Gasteiger partial charge in [-0.15, -0.1) is 0 Å². The van der Waals surface area contributed by atoms with Gasteiger partial charge in [-0.25, -0.2) is 0 Å². The number of aliphatic hydroxyl groups excluding tert-OH is 1. The fraction of sp³-hybridized carbons (Fsp3) is 0.296. The number of hydrogen-bond acceptors (Lipinski definition) is 6. The first-order chi connectivity index (χ1) is 16.0. The van der Waals surface area contributed by atoms with E-state index in [0.717, 1.165) is 36.1 Å². The van der Waals surface area contributed by atoms with Crippen molar-refractivity contribution in [3.8, 4) is 11.5 Å². The minimum atomic E-state index is -0.834. The lowest BCUT2D eigenvalue weighted by Crippen LogP contribution is -2.22. The van der Waals surface area contributed by atoms with Crippen molar-refractivity contribution in [1.82, 2.24) is 0 Å². The first kappa shape index (κ1) is 22.5. The molecule has 1 aromatic heterocycles. The lowest BCUT2D eigenvalue weighted by Gasteiger charge is -2.24. The standard InChI is InChI=1S/C27H28O6/c1-4-5-12-30-21-8-6-19(7-9-21)16-31-22-10-11-23-20(13-22)14-24(32-23)27-18(3)26(29)17(2)25(15-28)33-27/h6-11,13-15,25,29H,4-5,12,16H2,1-3H3. The van der Waals surface area contributed by atoms with E-state index < -0.39 is 6.10 Å². The molecule has 0 aliphatic carbocycles. The fourth-order valence-electron chi connectivity index (χ4n) is 3.62. The second-order valence-electron chi connectivity index (χ2n) is 8.11. The first-order valence-corrected chi connectivity index (χ1v) is 11.1. The summed E-state index contributed by atoms with van der Waals surface area (Å²) in [6.45, 7) is 6.70. The maximum atomic E-state index is 11.3. The highest BCUT2D eigenvalue weighted by Gasteiger charge is 2.28. The molecule has 6 heteroatoms. The number of unbranched alkanes of at least 4 members (excludes halogenated alkanes) is 1. The van der Waals surface area contributed by atoms with Gasteiger partial charge in [-0.05, 0) is 62.2 Å². The molecule has 3 aromatic rings. The summed E-state index contributed by atoms with van der Waals surface area (Å²) in [6, 6.07) is 15.3. The molecule has 1 aliphatic heterocycles. The Morgan fingerprint density at radius 2 is 1.79 bits per heavy atom. The van der Waals surface area contributed by atoms with Crippen molar-refractivity contribution < 1.29 is 28.5 Å². The van der Waals surface area contributed by atoms with Crippen molar-refractivity contribution in [2.45, 2.75) is 46.3 Å². The highest BCUT2D eigenvalue weighted by molar-refractivity contribution is 5.84. The number of carbonyl (C=O) groups excluding carboxylic acids is 1. The number of aliphatic hydroxyl groups is 1. The normalized spacial score (nSPS) is 16.2. The van der Waals surface area contributed by atoms with Crippen LogP contribution in [0, 0.1) is 0 Å². The minimum absolute atomic E-state index is 0.0552. The Bertz CT molecular complexity index is 1200. The van der Waals surface area contributed by atoms with Crippen LogP contribution in [0.3, 0.4) is 0 Å². The summed E-state index contributed by atoms with van der Waals surface area (Å²) < 4.78 is 23.4. The van der Waals surface area contributed by atoms with Crippen LogP contribution >= 0.6 is 0 Å². The van der Waals surface area contributed by atoms with Crippen molar-refractivity contribution in [3.63, 3.8) is 0 Å². The number of hydrogen-bond donors (Lipinski definition) is 1. The number of benzene rings is 2. The van der Waals surface area contributed by atoms with E-state index in [1.54, 1.807) is 13.8 Å². The third-order valence-electron chi connectivity index (χ3n) is 5.67. The number of fused-ring (bicyclic) bond motifs is 1. The molecule has 1 N–H and O–H groups in total. The Hall–Kier alpha value is -3.67. The molecule has 1 unspecified atom stereocenters. The molecule has 172 valence electrons. The number of aldehydes is 1. The van der Waals surface area contributed by atoms with Crippen LogP contribution < -0.4 is 9.47 Å². The zero-order chi connectivity index (χ0) is 23.4. The van der Waals surface area contributed by atoms with Crippen LogP contribution in [0.15, 0.2) is 69.9 Å². The summed E-state index contributed by atoms with van der Waals surface area (Å²) in [7, 11) is 0. The van der Waals surface area contributed by atoms with Gasteiger partial charge in [0.25, 0.3) is 0 Å². The molecule has 0 saturated carbocycles. The number of carbonyl (C=O) groups is 1. The number of rotatable bonds is 9. The van der Waals surface area contributed by atoms with Crippen LogP contribution in [0.4, 0.5) is 0 Å². The van der Waals surface area contributed by atoms with Gasteiger partial charge in [0, 0.05) is 16.5 Å². The molecule has 1 atom stereocenters. The summed E-state index contributed by atoms with van der Waals surface area (Å²) in [5, 5.41) is 11.2. The summed E-state index contributed by atoms with van der Waals surface area (Å²) >= 11 is 0. The zero-order valence-electron chi connectivity index (χ0n) is 19.1. The van der Waals surface area contributed by atoms with E-state index in [2.05, 4.69) is 6.92 Å². The quantitative estimate of drug-likeness (QED) is 0.303. The molecule has 1 aliphatic rings.